The summed E-state index contributed by atoms with van der Waals surface area (Å²) < 4.78 is 28.1. The van der Waals surface area contributed by atoms with Gasteiger partial charge in [-0.05, 0) is 84.9 Å². The number of amides is 1. The molecule has 0 saturated carbocycles. The molecule has 0 unspecified atom stereocenters. The quantitative estimate of drug-likeness (QED) is 0.171. The molecule has 0 saturated heterocycles. The minimum absolute atomic E-state index is 0.0147. The number of rotatable bonds is 7. The number of carbonyl (C=O) groups is 2. The first-order chi connectivity index (χ1) is 17.5. The number of benzene rings is 4. The first-order valence-electron chi connectivity index (χ1n) is 10.6. The second-order valence-electron chi connectivity index (χ2n) is 7.81. The number of sulfonamides is 1. The number of anilines is 2. The Morgan fingerprint density at radius 3 is 1.78 bits per heavy atom. The van der Waals surface area contributed by atoms with E-state index in [1.54, 1.807) is 0 Å². The summed E-state index contributed by atoms with van der Waals surface area (Å²) in [4.78, 5) is 26.2. The van der Waals surface area contributed by atoms with E-state index in [1.165, 1.54) is 78.9 Å². The fourth-order valence-electron chi connectivity index (χ4n) is 3.40. The number of phenols is 2. The molecule has 11 heteroatoms. The van der Waals surface area contributed by atoms with E-state index >= 15 is 0 Å². The maximum atomic E-state index is 13.2. The van der Waals surface area contributed by atoms with Gasteiger partial charge in [0.25, 0.3) is 15.9 Å². The van der Waals surface area contributed by atoms with Crippen molar-refractivity contribution in [3.8, 4) is 11.5 Å². The molecule has 0 aliphatic rings. The van der Waals surface area contributed by atoms with Gasteiger partial charge in [0.05, 0.1) is 21.8 Å². The summed E-state index contributed by atoms with van der Waals surface area (Å²) in [6.45, 7) is 0. The maximum absolute atomic E-state index is 13.2. The van der Waals surface area contributed by atoms with Crippen molar-refractivity contribution in [1.82, 2.24) is 0 Å². The van der Waals surface area contributed by atoms with Crippen LogP contribution in [-0.2, 0) is 10.0 Å². The molecule has 4 rings (SSSR count). The smallest absolute Gasteiger partial charge is 0.261 e. The fourth-order valence-corrected chi connectivity index (χ4v) is 4.73. The van der Waals surface area contributed by atoms with Crippen molar-refractivity contribution in [3.05, 3.63) is 112 Å². The van der Waals surface area contributed by atoms with Crippen LogP contribution >= 0.6 is 23.2 Å². The molecule has 4 aromatic carbocycles. The van der Waals surface area contributed by atoms with Gasteiger partial charge in [-0.25, -0.2) is 8.42 Å². The summed E-state index contributed by atoms with van der Waals surface area (Å²) in [6, 6.07) is 18.8. The van der Waals surface area contributed by atoms with Gasteiger partial charge in [-0.1, -0.05) is 23.2 Å². The summed E-state index contributed by atoms with van der Waals surface area (Å²) in [5.41, 5.74) is -0.0268. The van der Waals surface area contributed by atoms with Gasteiger partial charge in [-0.3, -0.25) is 14.3 Å². The lowest BCUT2D eigenvalue weighted by Gasteiger charge is -2.15. The second kappa shape index (κ2) is 10.5. The minimum Gasteiger partial charge on any atom is -0.508 e. The van der Waals surface area contributed by atoms with Crippen molar-refractivity contribution < 1.29 is 28.2 Å². The highest BCUT2D eigenvalue weighted by Gasteiger charge is 2.22. The average Bonchev–Trinajstić information content (AvgIpc) is 2.86. The van der Waals surface area contributed by atoms with Gasteiger partial charge >= 0.3 is 0 Å². The van der Waals surface area contributed by atoms with Gasteiger partial charge in [0.2, 0.25) is 0 Å². The largest absolute Gasteiger partial charge is 0.508 e. The van der Waals surface area contributed by atoms with Gasteiger partial charge < -0.3 is 15.5 Å². The fraction of sp³-hybridized carbons (Fsp3) is 0. The molecular formula is C26H18Cl2N2O6S. The van der Waals surface area contributed by atoms with Gasteiger partial charge in [-0.2, -0.15) is 0 Å². The zero-order valence-corrected chi connectivity index (χ0v) is 21.1. The monoisotopic (exact) mass is 556 g/mol. The maximum Gasteiger partial charge on any atom is 0.261 e. The Hall–Kier alpha value is -4.05. The summed E-state index contributed by atoms with van der Waals surface area (Å²) in [6.07, 6.45) is 0. The Kier molecular flexibility index (Phi) is 7.40. The van der Waals surface area contributed by atoms with Gasteiger partial charge in [0.1, 0.15) is 11.5 Å². The van der Waals surface area contributed by atoms with Gasteiger partial charge in [-0.15, -0.1) is 0 Å². The van der Waals surface area contributed by atoms with E-state index in [4.69, 9.17) is 23.2 Å². The summed E-state index contributed by atoms with van der Waals surface area (Å²) >= 11 is 11.7. The van der Waals surface area contributed by atoms with Crippen molar-refractivity contribution in [3.63, 3.8) is 0 Å². The normalized spacial score (nSPS) is 11.1. The van der Waals surface area contributed by atoms with Crippen LogP contribution in [-0.4, -0.2) is 30.3 Å². The van der Waals surface area contributed by atoms with Crippen molar-refractivity contribution in [1.29, 1.82) is 0 Å². The molecule has 37 heavy (non-hydrogen) atoms. The van der Waals surface area contributed by atoms with Gasteiger partial charge in [0.15, 0.2) is 5.78 Å². The lowest BCUT2D eigenvalue weighted by molar-refractivity contribution is 0.102. The van der Waals surface area contributed by atoms with Crippen molar-refractivity contribution in [2.75, 3.05) is 10.0 Å². The molecule has 0 aromatic heterocycles. The molecule has 0 aliphatic carbocycles. The molecule has 0 aliphatic heterocycles. The first-order valence-corrected chi connectivity index (χ1v) is 12.8. The van der Waals surface area contributed by atoms with Crippen molar-refractivity contribution in [2.45, 2.75) is 4.90 Å². The molecule has 0 spiro atoms. The number of hydrogen-bond acceptors (Lipinski definition) is 6. The molecule has 0 bridgehead atoms. The Morgan fingerprint density at radius 1 is 0.676 bits per heavy atom. The average molecular weight is 557 g/mol. The second-order valence-corrected chi connectivity index (χ2v) is 10.4. The lowest BCUT2D eigenvalue weighted by atomic mass is 10.0. The predicted molar refractivity (Wildman–Crippen MR) is 141 cm³/mol. The number of nitrogens with one attached hydrogen (secondary N) is 2. The highest BCUT2D eigenvalue weighted by atomic mass is 35.5. The molecule has 188 valence electrons. The number of hydrogen-bond donors (Lipinski definition) is 4. The number of phenolic OH excluding ortho intramolecular Hbond substituents is 2. The molecule has 0 fully saturated rings. The van der Waals surface area contributed by atoms with Crippen LogP contribution in [0.15, 0.2) is 89.8 Å². The summed E-state index contributed by atoms with van der Waals surface area (Å²) in [7, 11) is -4.11. The zero-order valence-electron chi connectivity index (χ0n) is 18.8. The molecule has 0 atom stereocenters. The van der Waals surface area contributed by atoms with E-state index in [1.807, 2.05) is 0 Å². The van der Waals surface area contributed by atoms with Crippen LogP contribution in [0.3, 0.4) is 0 Å². The van der Waals surface area contributed by atoms with Crippen LogP contribution in [0.5, 0.6) is 11.5 Å². The number of halogens is 2. The molecule has 1 amide bonds. The van der Waals surface area contributed by atoms with Crippen LogP contribution in [0, 0.1) is 0 Å². The topological polar surface area (TPSA) is 133 Å². The third-order valence-electron chi connectivity index (χ3n) is 5.22. The third kappa shape index (κ3) is 6.03. The van der Waals surface area contributed by atoms with E-state index in [0.717, 1.165) is 6.07 Å². The first kappa shape index (κ1) is 26.0. The lowest BCUT2D eigenvalue weighted by Crippen LogP contribution is -2.19. The number of ketones is 1. The Labute approximate surface area is 222 Å². The third-order valence-corrected chi connectivity index (χ3v) is 7.10. The predicted octanol–water partition coefficient (Wildman–Crippen LogP) is 5.69. The highest BCUT2D eigenvalue weighted by Crippen LogP contribution is 2.29. The van der Waals surface area contributed by atoms with Gasteiger partial charge in [0, 0.05) is 21.2 Å². The van der Waals surface area contributed by atoms with Crippen LogP contribution in [0.2, 0.25) is 10.0 Å². The van der Waals surface area contributed by atoms with E-state index in [9.17, 15) is 28.2 Å². The number of carbonyl (C=O) groups excluding carboxylic acids is 2. The van der Waals surface area contributed by atoms with E-state index in [-0.39, 0.29) is 44.5 Å². The SMILES string of the molecule is O=C(Nc1ccc(O)cc1C(=O)c1ccc(Cl)cc1)c1cc(O)ccc1NS(=O)(=O)c1ccc(Cl)cc1. The Balaban J connectivity index is 1.67. The standard InChI is InChI=1S/C26H18Cl2N2O6S/c27-16-3-1-15(2-4-16)25(33)21-13-18(31)7-11-23(21)29-26(34)22-14-19(32)8-12-24(22)30-37(35,36)20-9-5-17(28)6-10-20/h1-14,30-32H,(H,29,34). The van der Waals surface area contributed by atoms with Crippen molar-refractivity contribution >= 4 is 56.3 Å². The van der Waals surface area contributed by atoms with E-state index in [0.29, 0.717) is 10.0 Å². The van der Waals surface area contributed by atoms with Crippen LogP contribution in [0.4, 0.5) is 11.4 Å². The van der Waals surface area contributed by atoms with E-state index in [2.05, 4.69) is 10.0 Å². The van der Waals surface area contributed by atoms with Crippen LogP contribution in [0.1, 0.15) is 26.3 Å². The summed E-state index contributed by atoms with van der Waals surface area (Å²) in [5, 5.41) is 23.3. The Bertz CT molecular complexity index is 1610. The minimum atomic E-state index is -4.11. The Morgan fingerprint density at radius 2 is 1.19 bits per heavy atom. The van der Waals surface area contributed by atoms with E-state index < -0.39 is 21.7 Å². The highest BCUT2D eigenvalue weighted by molar-refractivity contribution is 7.92. The summed E-state index contributed by atoms with van der Waals surface area (Å²) in [5.74, 6) is -1.81. The van der Waals surface area contributed by atoms with Crippen LogP contribution in [0.25, 0.3) is 0 Å². The molecular weight excluding hydrogens is 539 g/mol. The molecule has 0 radical (unpaired) electrons. The number of aromatic hydroxyl groups is 2. The molecule has 4 N–H and O–H groups in total. The molecule has 4 aromatic rings. The van der Waals surface area contributed by atoms with Crippen LogP contribution < -0.4 is 10.0 Å². The zero-order chi connectivity index (χ0) is 26.7. The molecule has 8 nitrogen and oxygen atoms in total. The van der Waals surface area contributed by atoms with Crippen molar-refractivity contribution in [2.24, 2.45) is 0 Å². The molecule has 0 heterocycles.